The summed E-state index contributed by atoms with van der Waals surface area (Å²) in [5.74, 6) is -2.57. The standard InChI is InChI=1S/C12H13F3N2O3/c1-6(11(19)20)7(2)17-10(18)8-3-4-9(16-5-8)12(13,14)15/h3-7H,1-2H3,(H,17,18)(H,19,20). The number of alkyl halides is 3. The number of aliphatic carboxylic acids is 1. The molecule has 2 N–H and O–H groups in total. The number of carbonyl (C=O) groups excluding carboxylic acids is 1. The number of nitrogens with one attached hydrogen (secondary N) is 1. The van der Waals surface area contributed by atoms with E-state index in [4.69, 9.17) is 5.11 Å². The highest BCUT2D eigenvalue weighted by Crippen LogP contribution is 2.27. The molecule has 1 rings (SSSR count). The van der Waals surface area contributed by atoms with Gasteiger partial charge in [0.25, 0.3) is 5.91 Å². The van der Waals surface area contributed by atoms with E-state index in [9.17, 15) is 22.8 Å². The summed E-state index contributed by atoms with van der Waals surface area (Å²) in [6.45, 7) is 2.91. The van der Waals surface area contributed by atoms with E-state index in [2.05, 4.69) is 10.3 Å². The van der Waals surface area contributed by atoms with Gasteiger partial charge in [0.2, 0.25) is 0 Å². The van der Waals surface area contributed by atoms with Gasteiger partial charge in [0.15, 0.2) is 0 Å². The number of halogens is 3. The molecule has 8 heteroatoms. The predicted molar refractivity (Wildman–Crippen MR) is 63.0 cm³/mol. The Labute approximate surface area is 112 Å². The second kappa shape index (κ2) is 5.89. The molecule has 0 aliphatic carbocycles. The highest BCUT2D eigenvalue weighted by molar-refractivity contribution is 5.94. The molecule has 1 heterocycles. The summed E-state index contributed by atoms with van der Waals surface area (Å²) in [6, 6.07) is 1.02. The van der Waals surface area contributed by atoms with Crippen LogP contribution in [0.5, 0.6) is 0 Å². The third-order valence-corrected chi connectivity index (χ3v) is 2.81. The minimum absolute atomic E-state index is 0.0672. The first-order valence-corrected chi connectivity index (χ1v) is 5.70. The summed E-state index contributed by atoms with van der Waals surface area (Å²) < 4.78 is 36.9. The SMILES string of the molecule is CC(NC(=O)c1ccc(C(F)(F)F)nc1)C(C)C(=O)O. The molecule has 1 amide bonds. The third-order valence-electron chi connectivity index (χ3n) is 2.81. The largest absolute Gasteiger partial charge is 0.481 e. The molecule has 0 aliphatic heterocycles. The second-order valence-corrected chi connectivity index (χ2v) is 4.32. The zero-order chi connectivity index (χ0) is 15.5. The predicted octanol–water partition coefficient (Wildman–Crippen LogP) is 1.94. The number of hydrogen-bond acceptors (Lipinski definition) is 3. The van der Waals surface area contributed by atoms with Crippen LogP contribution in [0, 0.1) is 5.92 Å². The van der Waals surface area contributed by atoms with Crippen LogP contribution < -0.4 is 5.32 Å². The van der Waals surface area contributed by atoms with Crippen molar-refractivity contribution >= 4 is 11.9 Å². The molecular formula is C12H13F3N2O3. The molecule has 0 radical (unpaired) electrons. The highest BCUT2D eigenvalue weighted by Gasteiger charge is 2.32. The van der Waals surface area contributed by atoms with Crippen LogP contribution in [0.1, 0.15) is 29.9 Å². The average Bonchev–Trinajstić information content (AvgIpc) is 2.36. The minimum Gasteiger partial charge on any atom is -0.481 e. The van der Waals surface area contributed by atoms with Gasteiger partial charge in [-0.3, -0.25) is 14.6 Å². The number of nitrogens with zero attached hydrogens (tertiary/aromatic N) is 1. The van der Waals surface area contributed by atoms with Crippen LogP contribution in [0.3, 0.4) is 0 Å². The summed E-state index contributed by atoms with van der Waals surface area (Å²) in [6.07, 6.45) is -3.77. The molecule has 2 unspecified atom stereocenters. The normalized spacial score (nSPS) is 14.4. The van der Waals surface area contributed by atoms with Crippen molar-refractivity contribution in [3.8, 4) is 0 Å². The van der Waals surface area contributed by atoms with Gasteiger partial charge in [-0.1, -0.05) is 0 Å². The number of pyridine rings is 1. The summed E-state index contributed by atoms with van der Waals surface area (Å²) in [5, 5.41) is 11.2. The summed E-state index contributed by atoms with van der Waals surface area (Å²) in [7, 11) is 0. The Morgan fingerprint density at radius 1 is 1.30 bits per heavy atom. The van der Waals surface area contributed by atoms with Gasteiger partial charge in [0.05, 0.1) is 11.5 Å². The van der Waals surface area contributed by atoms with E-state index in [0.717, 1.165) is 12.3 Å². The molecule has 0 spiro atoms. The Morgan fingerprint density at radius 2 is 1.90 bits per heavy atom. The molecule has 0 bridgehead atoms. The van der Waals surface area contributed by atoms with E-state index in [1.54, 1.807) is 0 Å². The zero-order valence-corrected chi connectivity index (χ0v) is 10.7. The summed E-state index contributed by atoms with van der Waals surface area (Å²) in [5.41, 5.74) is -1.16. The fraction of sp³-hybridized carbons (Fsp3) is 0.417. The fourth-order valence-electron chi connectivity index (χ4n) is 1.32. The maximum absolute atomic E-state index is 12.3. The number of amides is 1. The molecule has 5 nitrogen and oxygen atoms in total. The lowest BCUT2D eigenvalue weighted by Gasteiger charge is -2.17. The van der Waals surface area contributed by atoms with Gasteiger partial charge in [0.1, 0.15) is 5.69 Å². The van der Waals surface area contributed by atoms with Gasteiger partial charge >= 0.3 is 12.1 Å². The maximum atomic E-state index is 12.3. The van der Waals surface area contributed by atoms with Gasteiger partial charge in [-0.05, 0) is 26.0 Å². The van der Waals surface area contributed by atoms with Crippen molar-refractivity contribution in [1.82, 2.24) is 10.3 Å². The molecule has 1 aromatic heterocycles. The lowest BCUT2D eigenvalue weighted by atomic mass is 10.0. The molecule has 0 saturated carbocycles. The molecule has 0 aliphatic rings. The van der Waals surface area contributed by atoms with Crippen LogP contribution in [0.2, 0.25) is 0 Å². The molecule has 20 heavy (non-hydrogen) atoms. The van der Waals surface area contributed by atoms with Gasteiger partial charge in [0, 0.05) is 12.2 Å². The summed E-state index contributed by atoms with van der Waals surface area (Å²) in [4.78, 5) is 25.6. The van der Waals surface area contributed by atoms with Gasteiger partial charge < -0.3 is 10.4 Å². The molecule has 0 fully saturated rings. The topological polar surface area (TPSA) is 79.3 Å². The maximum Gasteiger partial charge on any atom is 0.433 e. The van der Waals surface area contributed by atoms with E-state index < -0.39 is 35.7 Å². The Kier molecular flexibility index (Phi) is 4.69. The van der Waals surface area contributed by atoms with E-state index in [0.29, 0.717) is 6.07 Å². The minimum atomic E-state index is -4.57. The first-order valence-electron chi connectivity index (χ1n) is 5.70. The van der Waals surface area contributed by atoms with E-state index in [1.165, 1.54) is 13.8 Å². The van der Waals surface area contributed by atoms with Crippen LogP contribution >= 0.6 is 0 Å². The Balaban J connectivity index is 2.76. The Bertz CT molecular complexity index is 500. The molecule has 0 aromatic carbocycles. The monoisotopic (exact) mass is 290 g/mol. The zero-order valence-electron chi connectivity index (χ0n) is 10.7. The number of aromatic nitrogens is 1. The van der Waals surface area contributed by atoms with Crippen molar-refractivity contribution in [1.29, 1.82) is 0 Å². The number of carbonyl (C=O) groups is 2. The van der Waals surface area contributed by atoms with Crippen LogP contribution in [-0.4, -0.2) is 28.0 Å². The Morgan fingerprint density at radius 3 is 2.30 bits per heavy atom. The quantitative estimate of drug-likeness (QED) is 0.888. The van der Waals surface area contributed by atoms with Gasteiger partial charge in [-0.25, -0.2) is 0 Å². The van der Waals surface area contributed by atoms with Gasteiger partial charge in [-0.15, -0.1) is 0 Å². The lowest BCUT2D eigenvalue weighted by molar-refractivity contribution is -0.142. The Hall–Kier alpha value is -2.12. The number of rotatable bonds is 4. The van der Waals surface area contributed by atoms with Gasteiger partial charge in [-0.2, -0.15) is 13.2 Å². The van der Waals surface area contributed by atoms with Crippen molar-refractivity contribution < 1.29 is 27.9 Å². The number of carboxylic acids is 1. The number of carboxylic acid groups (broad SMARTS) is 1. The van der Waals surface area contributed by atoms with Crippen LogP contribution in [-0.2, 0) is 11.0 Å². The second-order valence-electron chi connectivity index (χ2n) is 4.32. The van der Waals surface area contributed by atoms with E-state index in [1.807, 2.05) is 0 Å². The molecule has 0 saturated heterocycles. The van der Waals surface area contributed by atoms with Crippen molar-refractivity contribution in [2.24, 2.45) is 5.92 Å². The van der Waals surface area contributed by atoms with E-state index >= 15 is 0 Å². The number of hydrogen-bond donors (Lipinski definition) is 2. The molecule has 2 atom stereocenters. The smallest absolute Gasteiger partial charge is 0.433 e. The molecule has 110 valence electrons. The van der Waals surface area contributed by atoms with Crippen LogP contribution in [0.4, 0.5) is 13.2 Å². The lowest BCUT2D eigenvalue weighted by Crippen LogP contribution is -2.40. The van der Waals surface area contributed by atoms with Crippen molar-refractivity contribution in [2.45, 2.75) is 26.1 Å². The van der Waals surface area contributed by atoms with Crippen molar-refractivity contribution in [2.75, 3.05) is 0 Å². The van der Waals surface area contributed by atoms with Crippen LogP contribution in [0.15, 0.2) is 18.3 Å². The molecule has 1 aromatic rings. The highest BCUT2D eigenvalue weighted by atomic mass is 19.4. The third kappa shape index (κ3) is 3.94. The van der Waals surface area contributed by atoms with Crippen molar-refractivity contribution in [3.05, 3.63) is 29.6 Å². The molecular weight excluding hydrogens is 277 g/mol. The first kappa shape index (κ1) is 15.9. The van der Waals surface area contributed by atoms with Crippen molar-refractivity contribution in [3.63, 3.8) is 0 Å². The van der Waals surface area contributed by atoms with Crippen LogP contribution in [0.25, 0.3) is 0 Å². The fourth-order valence-corrected chi connectivity index (χ4v) is 1.32. The first-order chi connectivity index (χ1) is 9.12. The van der Waals surface area contributed by atoms with E-state index in [-0.39, 0.29) is 5.56 Å². The average molecular weight is 290 g/mol. The summed E-state index contributed by atoms with van der Waals surface area (Å²) >= 11 is 0.